The highest BCUT2D eigenvalue weighted by Gasteiger charge is 2.05. The summed E-state index contributed by atoms with van der Waals surface area (Å²) in [6.45, 7) is 2.02. The Bertz CT molecular complexity index is 460. The van der Waals surface area contributed by atoms with E-state index in [9.17, 15) is 0 Å². The summed E-state index contributed by atoms with van der Waals surface area (Å²) in [5.74, 6) is 0. The Morgan fingerprint density at radius 2 is 2.20 bits per heavy atom. The average molecular weight is 242 g/mol. The maximum atomic E-state index is 5.94. The number of H-pyrrole nitrogens is 1. The van der Waals surface area contributed by atoms with Crippen molar-refractivity contribution < 1.29 is 0 Å². The van der Waals surface area contributed by atoms with Gasteiger partial charge in [0, 0.05) is 27.5 Å². The monoisotopic (exact) mass is 241 g/mol. The van der Waals surface area contributed by atoms with Gasteiger partial charge in [0.25, 0.3) is 0 Å². The summed E-state index contributed by atoms with van der Waals surface area (Å²) in [6.07, 6.45) is 4.05. The van der Waals surface area contributed by atoms with Crippen LogP contribution in [0.1, 0.15) is 18.9 Å². The lowest BCUT2D eigenvalue weighted by molar-refractivity contribution is 0.807. The highest BCUT2D eigenvalue weighted by Crippen LogP contribution is 2.23. The van der Waals surface area contributed by atoms with Gasteiger partial charge in [0.2, 0.25) is 0 Å². The van der Waals surface area contributed by atoms with E-state index < -0.39 is 0 Å². The predicted molar refractivity (Wildman–Crippen MR) is 66.9 cm³/mol. The second-order valence-electron chi connectivity index (χ2n) is 3.82. The molecule has 0 aliphatic rings. The fourth-order valence-corrected chi connectivity index (χ4v) is 2.00. The van der Waals surface area contributed by atoms with Crippen molar-refractivity contribution in [3.05, 3.63) is 35.0 Å². The van der Waals surface area contributed by atoms with E-state index in [2.05, 4.69) is 11.1 Å². The number of fused-ring (bicyclic) bond motifs is 1. The topological polar surface area (TPSA) is 15.8 Å². The van der Waals surface area contributed by atoms with Gasteiger partial charge in [-0.1, -0.05) is 17.7 Å². The zero-order valence-corrected chi connectivity index (χ0v) is 10.1. The van der Waals surface area contributed by atoms with Crippen LogP contribution in [0.3, 0.4) is 0 Å². The Labute approximate surface area is 99.4 Å². The number of hydrogen-bond donors (Lipinski definition) is 1. The van der Waals surface area contributed by atoms with Crippen molar-refractivity contribution in [2.24, 2.45) is 0 Å². The zero-order chi connectivity index (χ0) is 10.8. The molecule has 0 amide bonds. The molecular weight excluding hydrogens is 229 g/mol. The molecule has 2 rings (SSSR count). The van der Waals surface area contributed by atoms with Crippen molar-refractivity contribution in [1.29, 1.82) is 0 Å². The number of aromatic amines is 1. The molecular formula is C12H13Cl2N. The highest BCUT2D eigenvalue weighted by molar-refractivity contribution is 6.31. The van der Waals surface area contributed by atoms with Crippen LogP contribution in [0, 0.1) is 0 Å². The van der Waals surface area contributed by atoms with E-state index in [0.717, 1.165) is 23.4 Å². The fourth-order valence-electron chi connectivity index (χ4n) is 1.72. The molecule has 0 aliphatic carbocycles. The van der Waals surface area contributed by atoms with Crippen molar-refractivity contribution in [3.63, 3.8) is 0 Å². The van der Waals surface area contributed by atoms with Crippen LogP contribution < -0.4 is 0 Å². The Morgan fingerprint density at radius 1 is 1.40 bits per heavy atom. The van der Waals surface area contributed by atoms with Gasteiger partial charge in [0.05, 0.1) is 0 Å². The highest BCUT2D eigenvalue weighted by atomic mass is 35.5. The van der Waals surface area contributed by atoms with Gasteiger partial charge in [-0.25, -0.2) is 0 Å². The third-order valence-corrected chi connectivity index (χ3v) is 2.99. The van der Waals surface area contributed by atoms with Crippen LogP contribution >= 0.6 is 23.2 Å². The summed E-state index contributed by atoms with van der Waals surface area (Å²) in [6, 6.07) is 5.93. The molecule has 1 atom stereocenters. The number of benzene rings is 1. The first-order valence-electron chi connectivity index (χ1n) is 5.06. The van der Waals surface area contributed by atoms with E-state index in [0.29, 0.717) is 0 Å². The van der Waals surface area contributed by atoms with E-state index in [1.54, 1.807) is 0 Å². The molecule has 0 bridgehead atoms. The lowest BCUT2D eigenvalue weighted by atomic mass is 10.1. The minimum atomic E-state index is 0.224. The maximum absolute atomic E-state index is 5.94. The normalized spacial score (nSPS) is 13.3. The van der Waals surface area contributed by atoms with Gasteiger partial charge in [-0.2, -0.15) is 0 Å². The van der Waals surface area contributed by atoms with Crippen LogP contribution in [-0.4, -0.2) is 10.4 Å². The fraction of sp³-hybridized carbons (Fsp3) is 0.333. The summed E-state index contributed by atoms with van der Waals surface area (Å²) >= 11 is 11.9. The standard InChI is InChI=1S/C12H13Cl2N/c1-8(13)2-3-9-7-15-12-6-10(14)4-5-11(9)12/h4-8,15H,2-3H2,1H3. The van der Waals surface area contributed by atoms with Crippen LogP contribution in [0.2, 0.25) is 5.02 Å². The predicted octanol–water partition coefficient (Wildman–Crippen LogP) is 4.38. The SMILES string of the molecule is CC(Cl)CCc1c[nH]c2cc(Cl)ccc12. The van der Waals surface area contributed by atoms with Crippen molar-refractivity contribution in [3.8, 4) is 0 Å². The number of aryl methyl sites for hydroxylation is 1. The van der Waals surface area contributed by atoms with Crippen LogP contribution in [-0.2, 0) is 6.42 Å². The molecule has 1 aromatic heterocycles. The zero-order valence-electron chi connectivity index (χ0n) is 8.56. The van der Waals surface area contributed by atoms with E-state index in [1.165, 1.54) is 10.9 Å². The summed E-state index contributed by atoms with van der Waals surface area (Å²) in [5, 5.41) is 2.24. The molecule has 3 heteroatoms. The molecule has 1 aromatic carbocycles. The molecule has 0 saturated carbocycles. The van der Waals surface area contributed by atoms with Gasteiger partial charge < -0.3 is 4.98 Å². The summed E-state index contributed by atoms with van der Waals surface area (Å²) in [4.78, 5) is 3.23. The lowest BCUT2D eigenvalue weighted by Crippen LogP contribution is -1.93. The number of aromatic nitrogens is 1. The van der Waals surface area contributed by atoms with Crippen LogP contribution in [0.4, 0.5) is 0 Å². The molecule has 1 nitrogen and oxygen atoms in total. The number of halogens is 2. The van der Waals surface area contributed by atoms with Crippen molar-refractivity contribution in [2.75, 3.05) is 0 Å². The third-order valence-electron chi connectivity index (χ3n) is 2.54. The third kappa shape index (κ3) is 2.47. The van der Waals surface area contributed by atoms with Gasteiger partial charge in [0.15, 0.2) is 0 Å². The number of rotatable bonds is 3. The molecule has 15 heavy (non-hydrogen) atoms. The first kappa shape index (κ1) is 10.8. The Morgan fingerprint density at radius 3 is 2.93 bits per heavy atom. The molecule has 2 aromatic rings. The molecule has 80 valence electrons. The Balaban J connectivity index is 2.29. The smallest absolute Gasteiger partial charge is 0.0471 e. The van der Waals surface area contributed by atoms with Crippen molar-refractivity contribution >= 4 is 34.1 Å². The van der Waals surface area contributed by atoms with Gasteiger partial charge >= 0.3 is 0 Å². The summed E-state index contributed by atoms with van der Waals surface area (Å²) < 4.78 is 0. The summed E-state index contributed by atoms with van der Waals surface area (Å²) in [5.41, 5.74) is 2.41. The van der Waals surface area contributed by atoms with Gasteiger partial charge in [-0.05, 0) is 37.5 Å². The Hall–Kier alpha value is -0.660. The largest absolute Gasteiger partial charge is 0.361 e. The molecule has 1 heterocycles. The van der Waals surface area contributed by atoms with E-state index in [-0.39, 0.29) is 5.38 Å². The first-order valence-corrected chi connectivity index (χ1v) is 5.88. The quantitative estimate of drug-likeness (QED) is 0.768. The van der Waals surface area contributed by atoms with Crippen molar-refractivity contribution in [1.82, 2.24) is 4.98 Å². The lowest BCUT2D eigenvalue weighted by Gasteiger charge is -2.01. The van der Waals surface area contributed by atoms with E-state index >= 15 is 0 Å². The average Bonchev–Trinajstić information content (AvgIpc) is 2.57. The minimum absolute atomic E-state index is 0.224. The molecule has 0 saturated heterocycles. The maximum Gasteiger partial charge on any atom is 0.0471 e. The molecule has 0 fully saturated rings. The van der Waals surface area contributed by atoms with E-state index in [4.69, 9.17) is 23.2 Å². The number of alkyl halides is 1. The number of nitrogens with one attached hydrogen (secondary N) is 1. The van der Waals surface area contributed by atoms with Gasteiger partial charge in [0.1, 0.15) is 0 Å². The second kappa shape index (κ2) is 4.46. The van der Waals surface area contributed by atoms with Crippen LogP contribution in [0.5, 0.6) is 0 Å². The summed E-state index contributed by atoms with van der Waals surface area (Å²) in [7, 11) is 0. The number of hydrogen-bond acceptors (Lipinski definition) is 0. The first-order chi connectivity index (χ1) is 7.16. The Kier molecular flexibility index (Phi) is 3.22. The molecule has 1 N–H and O–H groups in total. The second-order valence-corrected chi connectivity index (χ2v) is 5.00. The van der Waals surface area contributed by atoms with Crippen LogP contribution in [0.25, 0.3) is 10.9 Å². The molecule has 0 radical (unpaired) electrons. The molecule has 0 aliphatic heterocycles. The van der Waals surface area contributed by atoms with E-state index in [1.807, 2.05) is 25.3 Å². The van der Waals surface area contributed by atoms with Crippen LogP contribution in [0.15, 0.2) is 24.4 Å². The minimum Gasteiger partial charge on any atom is -0.361 e. The molecule has 0 spiro atoms. The van der Waals surface area contributed by atoms with Gasteiger partial charge in [-0.15, -0.1) is 11.6 Å². The molecule has 1 unspecified atom stereocenters. The van der Waals surface area contributed by atoms with Gasteiger partial charge in [-0.3, -0.25) is 0 Å². The van der Waals surface area contributed by atoms with Crippen molar-refractivity contribution in [2.45, 2.75) is 25.1 Å².